The number of aliphatic hydroxyl groups excluding tert-OH is 1. The zero-order chi connectivity index (χ0) is 17.5. The molecule has 3 nitrogen and oxygen atoms in total. The van der Waals surface area contributed by atoms with Crippen LogP contribution in [0.3, 0.4) is 0 Å². The minimum Gasteiger partial charge on any atom is -0.392 e. The SMILES string of the molecule is CC(C)C(CC(=O)NCc1ccc(F)c(CO)c1)c1ccccc1. The lowest BCUT2D eigenvalue weighted by Gasteiger charge is -2.21. The molecule has 4 heteroatoms. The van der Waals surface area contributed by atoms with Crippen LogP contribution in [0.2, 0.25) is 0 Å². The van der Waals surface area contributed by atoms with Crippen molar-refractivity contribution in [1.82, 2.24) is 5.32 Å². The number of rotatable bonds is 7. The molecule has 0 aliphatic carbocycles. The summed E-state index contributed by atoms with van der Waals surface area (Å²) in [6.45, 7) is 4.19. The molecule has 0 radical (unpaired) electrons. The summed E-state index contributed by atoms with van der Waals surface area (Å²) in [7, 11) is 0. The number of hydrogen-bond donors (Lipinski definition) is 2. The summed E-state index contributed by atoms with van der Waals surface area (Å²) in [5.41, 5.74) is 2.17. The third-order valence-electron chi connectivity index (χ3n) is 4.21. The zero-order valence-electron chi connectivity index (χ0n) is 14.1. The maximum Gasteiger partial charge on any atom is 0.220 e. The Labute approximate surface area is 142 Å². The summed E-state index contributed by atoms with van der Waals surface area (Å²) in [6, 6.07) is 14.5. The summed E-state index contributed by atoms with van der Waals surface area (Å²) in [6.07, 6.45) is 0.412. The van der Waals surface area contributed by atoms with Crippen molar-refractivity contribution >= 4 is 5.91 Å². The van der Waals surface area contributed by atoms with Crippen LogP contribution in [0.1, 0.15) is 42.9 Å². The third-order valence-corrected chi connectivity index (χ3v) is 4.21. The molecule has 0 bridgehead atoms. The monoisotopic (exact) mass is 329 g/mol. The molecule has 2 N–H and O–H groups in total. The van der Waals surface area contributed by atoms with Crippen LogP contribution in [0.5, 0.6) is 0 Å². The molecular formula is C20H24FNO2. The minimum atomic E-state index is -0.434. The summed E-state index contributed by atoms with van der Waals surface area (Å²) in [5, 5.41) is 12.0. The van der Waals surface area contributed by atoms with Gasteiger partial charge in [0.1, 0.15) is 5.82 Å². The van der Waals surface area contributed by atoms with Crippen molar-refractivity contribution in [2.45, 2.75) is 39.3 Å². The molecule has 2 aromatic carbocycles. The van der Waals surface area contributed by atoms with Crippen LogP contribution in [0.25, 0.3) is 0 Å². The van der Waals surface area contributed by atoms with Gasteiger partial charge in [-0.05, 0) is 35.1 Å². The van der Waals surface area contributed by atoms with E-state index in [1.54, 1.807) is 12.1 Å². The second-order valence-electron chi connectivity index (χ2n) is 6.33. The van der Waals surface area contributed by atoms with Gasteiger partial charge in [-0.2, -0.15) is 0 Å². The molecule has 0 aliphatic heterocycles. The quantitative estimate of drug-likeness (QED) is 0.812. The maximum absolute atomic E-state index is 13.4. The Hall–Kier alpha value is -2.20. The lowest BCUT2D eigenvalue weighted by Crippen LogP contribution is -2.26. The Morgan fingerprint density at radius 2 is 1.88 bits per heavy atom. The van der Waals surface area contributed by atoms with Crippen molar-refractivity contribution in [3.63, 3.8) is 0 Å². The van der Waals surface area contributed by atoms with E-state index in [0.29, 0.717) is 18.9 Å². The minimum absolute atomic E-state index is 0.0348. The van der Waals surface area contributed by atoms with E-state index in [4.69, 9.17) is 5.11 Å². The first-order chi connectivity index (χ1) is 11.5. The van der Waals surface area contributed by atoms with E-state index in [-0.39, 0.29) is 24.0 Å². The second kappa shape index (κ2) is 8.60. The van der Waals surface area contributed by atoms with Gasteiger partial charge in [0.25, 0.3) is 0 Å². The zero-order valence-corrected chi connectivity index (χ0v) is 14.1. The van der Waals surface area contributed by atoms with Crippen molar-refractivity contribution in [3.8, 4) is 0 Å². The van der Waals surface area contributed by atoms with Crippen molar-refractivity contribution < 1.29 is 14.3 Å². The van der Waals surface area contributed by atoms with E-state index in [9.17, 15) is 9.18 Å². The predicted octanol–water partition coefficient (Wildman–Crippen LogP) is 3.76. The lowest BCUT2D eigenvalue weighted by molar-refractivity contribution is -0.121. The predicted molar refractivity (Wildman–Crippen MR) is 92.8 cm³/mol. The Bertz CT molecular complexity index is 671. The number of carbonyl (C=O) groups is 1. The Balaban J connectivity index is 1.97. The van der Waals surface area contributed by atoms with Crippen molar-refractivity contribution in [2.75, 3.05) is 0 Å². The largest absolute Gasteiger partial charge is 0.392 e. The Kier molecular flexibility index (Phi) is 6.50. The average Bonchev–Trinajstić information content (AvgIpc) is 2.59. The molecule has 1 amide bonds. The normalized spacial score (nSPS) is 12.2. The molecule has 1 atom stereocenters. The van der Waals surface area contributed by atoms with Gasteiger partial charge in [-0.25, -0.2) is 4.39 Å². The van der Waals surface area contributed by atoms with Crippen LogP contribution in [-0.2, 0) is 17.9 Å². The van der Waals surface area contributed by atoms with Crippen LogP contribution >= 0.6 is 0 Å². The number of hydrogen-bond acceptors (Lipinski definition) is 2. The van der Waals surface area contributed by atoms with E-state index in [0.717, 1.165) is 11.1 Å². The first-order valence-electron chi connectivity index (χ1n) is 8.21. The molecule has 0 aromatic heterocycles. The van der Waals surface area contributed by atoms with Gasteiger partial charge in [0, 0.05) is 18.5 Å². The molecular weight excluding hydrogens is 305 g/mol. The highest BCUT2D eigenvalue weighted by molar-refractivity contribution is 5.76. The Morgan fingerprint density at radius 3 is 2.50 bits per heavy atom. The lowest BCUT2D eigenvalue weighted by atomic mass is 9.85. The van der Waals surface area contributed by atoms with Gasteiger partial charge < -0.3 is 10.4 Å². The standard InChI is InChI=1S/C20H24FNO2/c1-14(2)18(16-6-4-3-5-7-16)11-20(24)22-12-15-8-9-19(21)17(10-15)13-23/h3-10,14,18,23H,11-13H2,1-2H3,(H,22,24). The molecule has 0 saturated heterocycles. The van der Waals surface area contributed by atoms with Crippen LogP contribution in [-0.4, -0.2) is 11.0 Å². The van der Waals surface area contributed by atoms with Gasteiger partial charge in [0.2, 0.25) is 5.91 Å². The fourth-order valence-corrected chi connectivity index (χ4v) is 2.77. The van der Waals surface area contributed by atoms with Crippen molar-refractivity contribution in [1.29, 1.82) is 0 Å². The molecule has 24 heavy (non-hydrogen) atoms. The highest BCUT2D eigenvalue weighted by Crippen LogP contribution is 2.27. The third kappa shape index (κ3) is 4.90. The van der Waals surface area contributed by atoms with E-state index in [1.807, 2.05) is 30.3 Å². The number of benzene rings is 2. The van der Waals surface area contributed by atoms with Gasteiger partial charge in [0.05, 0.1) is 6.61 Å². The number of aliphatic hydroxyl groups is 1. The maximum atomic E-state index is 13.4. The molecule has 0 heterocycles. The first-order valence-corrected chi connectivity index (χ1v) is 8.21. The van der Waals surface area contributed by atoms with Crippen LogP contribution < -0.4 is 5.32 Å². The molecule has 0 aliphatic rings. The van der Waals surface area contributed by atoms with Crippen LogP contribution in [0.15, 0.2) is 48.5 Å². The summed E-state index contributed by atoms with van der Waals surface area (Å²) in [4.78, 5) is 12.3. The van der Waals surface area contributed by atoms with Crippen LogP contribution in [0.4, 0.5) is 4.39 Å². The van der Waals surface area contributed by atoms with Crippen LogP contribution in [0, 0.1) is 11.7 Å². The molecule has 2 aromatic rings. The number of carbonyl (C=O) groups excluding carboxylic acids is 1. The number of nitrogens with one attached hydrogen (secondary N) is 1. The highest BCUT2D eigenvalue weighted by atomic mass is 19.1. The summed E-state index contributed by atoms with van der Waals surface area (Å²) < 4.78 is 13.4. The topological polar surface area (TPSA) is 49.3 Å². The first kappa shape index (κ1) is 18.1. The number of amides is 1. The molecule has 1 unspecified atom stereocenters. The average molecular weight is 329 g/mol. The fourth-order valence-electron chi connectivity index (χ4n) is 2.77. The van der Waals surface area contributed by atoms with Gasteiger partial charge >= 0.3 is 0 Å². The van der Waals surface area contributed by atoms with Gasteiger partial charge in [-0.1, -0.05) is 50.2 Å². The smallest absolute Gasteiger partial charge is 0.220 e. The number of halogens is 1. The van der Waals surface area contributed by atoms with Gasteiger partial charge in [-0.3, -0.25) is 4.79 Å². The molecule has 2 rings (SSSR count). The van der Waals surface area contributed by atoms with E-state index >= 15 is 0 Å². The molecule has 128 valence electrons. The van der Waals surface area contributed by atoms with E-state index in [1.165, 1.54) is 6.07 Å². The molecule has 0 saturated carbocycles. The van der Waals surface area contributed by atoms with Crippen molar-refractivity contribution in [3.05, 3.63) is 71.0 Å². The van der Waals surface area contributed by atoms with E-state index in [2.05, 4.69) is 19.2 Å². The second-order valence-corrected chi connectivity index (χ2v) is 6.33. The molecule has 0 spiro atoms. The summed E-state index contributed by atoms with van der Waals surface area (Å²) >= 11 is 0. The Morgan fingerprint density at radius 1 is 1.17 bits per heavy atom. The highest BCUT2D eigenvalue weighted by Gasteiger charge is 2.19. The van der Waals surface area contributed by atoms with Gasteiger partial charge in [-0.15, -0.1) is 0 Å². The van der Waals surface area contributed by atoms with E-state index < -0.39 is 5.82 Å². The van der Waals surface area contributed by atoms with Gasteiger partial charge in [0.15, 0.2) is 0 Å². The fraction of sp³-hybridized carbons (Fsp3) is 0.350. The van der Waals surface area contributed by atoms with Crippen molar-refractivity contribution in [2.24, 2.45) is 5.92 Å². The molecule has 0 fully saturated rings. The summed E-state index contributed by atoms with van der Waals surface area (Å²) in [5.74, 6) is 0.0429.